The summed E-state index contributed by atoms with van der Waals surface area (Å²) in [6.07, 6.45) is 1.67. The van der Waals surface area contributed by atoms with Crippen LogP contribution in [0.5, 0.6) is 5.75 Å². The molecule has 7 nitrogen and oxygen atoms in total. The number of hydrogen-bond acceptors (Lipinski definition) is 6. The van der Waals surface area contributed by atoms with E-state index in [-0.39, 0.29) is 0 Å². The third kappa shape index (κ3) is 2.98. The summed E-state index contributed by atoms with van der Waals surface area (Å²) in [5.41, 5.74) is 4.63. The number of nitrogens with one attached hydrogen (secondary N) is 1. The van der Waals surface area contributed by atoms with E-state index < -0.39 is 0 Å². The van der Waals surface area contributed by atoms with E-state index in [1.165, 1.54) is 0 Å². The summed E-state index contributed by atoms with van der Waals surface area (Å²) in [6.45, 7) is 0. The van der Waals surface area contributed by atoms with Crippen molar-refractivity contribution in [3.8, 4) is 11.4 Å². The Bertz CT molecular complexity index is 1070. The molecule has 3 aromatic carbocycles. The van der Waals surface area contributed by atoms with Gasteiger partial charge in [-0.25, -0.2) is 5.43 Å². The highest BCUT2D eigenvalue weighted by atomic mass is 16.5. The van der Waals surface area contributed by atoms with Gasteiger partial charge in [0.1, 0.15) is 5.75 Å². The van der Waals surface area contributed by atoms with Crippen molar-refractivity contribution in [2.24, 2.45) is 5.10 Å². The van der Waals surface area contributed by atoms with Crippen molar-refractivity contribution in [2.45, 2.75) is 0 Å². The van der Waals surface area contributed by atoms with Gasteiger partial charge in [-0.05, 0) is 34.0 Å². The molecule has 0 amide bonds. The van der Waals surface area contributed by atoms with E-state index in [9.17, 15) is 0 Å². The molecule has 0 saturated carbocycles. The lowest BCUT2D eigenvalue weighted by Crippen LogP contribution is -2.04. The molecule has 128 valence electrons. The zero-order valence-corrected chi connectivity index (χ0v) is 14.1. The molecule has 1 aromatic heterocycles. The number of ether oxygens (including phenoxy) is 1. The summed E-state index contributed by atoms with van der Waals surface area (Å²) >= 11 is 0. The molecular formula is C19H16N6O. The molecule has 0 fully saturated rings. The number of anilines is 1. The molecule has 0 aliphatic carbocycles. The Morgan fingerprint density at radius 1 is 1.00 bits per heavy atom. The molecule has 1 heterocycles. The Hall–Kier alpha value is -3.74. The lowest BCUT2D eigenvalue weighted by atomic mass is 10.1. The lowest BCUT2D eigenvalue weighted by molar-refractivity contribution is 0.414. The summed E-state index contributed by atoms with van der Waals surface area (Å²) in [6, 6.07) is 21.7. The zero-order chi connectivity index (χ0) is 17.8. The van der Waals surface area contributed by atoms with E-state index in [1.54, 1.807) is 18.0 Å². The van der Waals surface area contributed by atoms with E-state index >= 15 is 0 Å². The minimum absolute atomic E-state index is 0.424. The second-order valence-electron chi connectivity index (χ2n) is 5.52. The Balaban J connectivity index is 1.64. The van der Waals surface area contributed by atoms with Crippen LogP contribution in [0.3, 0.4) is 0 Å². The predicted octanol–water partition coefficient (Wildman–Crippen LogP) is 3.27. The predicted molar refractivity (Wildman–Crippen MR) is 101 cm³/mol. The van der Waals surface area contributed by atoms with Gasteiger partial charge in [-0.15, -0.1) is 0 Å². The van der Waals surface area contributed by atoms with Crippen molar-refractivity contribution in [2.75, 3.05) is 12.5 Å². The van der Waals surface area contributed by atoms with Crippen LogP contribution in [-0.2, 0) is 0 Å². The van der Waals surface area contributed by atoms with E-state index in [0.717, 1.165) is 27.8 Å². The fraction of sp³-hybridized carbons (Fsp3) is 0.0526. The van der Waals surface area contributed by atoms with Crippen molar-refractivity contribution in [3.05, 3.63) is 72.3 Å². The quantitative estimate of drug-likeness (QED) is 0.444. The van der Waals surface area contributed by atoms with Crippen molar-refractivity contribution in [1.82, 2.24) is 20.2 Å². The van der Waals surface area contributed by atoms with E-state index in [4.69, 9.17) is 4.74 Å². The number of methoxy groups -OCH3 is 1. The number of aromatic nitrogens is 4. The molecule has 1 N–H and O–H groups in total. The third-order valence-corrected chi connectivity index (χ3v) is 3.97. The van der Waals surface area contributed by atoms with Crippen LogP contribution in [0.4, 0.5) is 5.95 Å². The van der Waals surface area contributed by atoms with Crippen LogP contribution in [0.15, 0.2) is 71.8 Å². The summed E-state index contributed by atoms with van der Waals surface area (Å²) < 4.78 is 6.94. The average molecular weight is 344 g/mol. The van der Waals surface area contributed by atoms with Crippen LogP contribution in [0, 0.1) is 0 Å². The molecule has 7 heteroatoms. The molecule has 0 unspecified atom stereocenters. The van der Waals surface area contributed by atoms with Crippen LogP contribution in [0.2, 0.25) is 0 Å². The number of para-hydroxylation sites is 1. The smallest absolute Gasteiger partial charge is 0.268 e. The van der Waals surface area contributed by atoms with Crippen LogP contribution in [-0.4, -0.2) is 33.5 Å². The third-order valence-electron chi connectivity index (χ3n) is 3.97. The summed E-state index contributed by atoms with van der Waals surface area (Å²) in [4.78, 5) is 0. The van der Waals surface area contributed by atoms with Crippen molar-refractivity contribution in [1.29, 1.82) is 0 Å². The highest BCUT2D eigenvalue weighted by molar-refractivity contribution is 5.90. The van der Waals surface area contributed by atoms with E-state index in [0.29, 0.717) is 5.95 Å². The largest absolute Gasteiger partial charge is 0.496 e. The first-order valence-corrected chi connectivity index (χ1v) is 8.05. The van der Waals surface area contributed by atoms with E-state index in [1.807, 2.05) is 54.6 Å². The maximum atomic E-state index is 5.31. The van der Waals surface area contributed by atoms with Crippen molar-refractivity contribution >= 4 is 22.9 Å². The Kier molecular flexibility index (Phi) is 4.26. The average Bonchev–Trinajstić information content (AvgIpc) is 3.16. The highest BCUT2D eigenvalue weighted by Crippen LogP contribution is 2.23. The van der Waals surface area contributed by atoms with Gasteiger partial charge in [0.25, 0.3) is 5.95 Å². The van der Waals surface area contributed by atoms with Gasteiger partial charge in [0.05, 0.1) is 19.0 Å². The van der Waals surface area contributed by atoms with Gasteiger partial charge in [0.15, 0.2) is 0 Å². The Morgan fingerprint density at radius 3 is 2.73 bits per heavy atom. The number of hydrogen-bond donors (Lipinski definition) is 1. The van der Waals surface area contributed by atoms with Gasteiger partial charge in [0, 0.05) is 10.9 Å². The standard InChI is InChI=1S/C19H16N6O/c1-26-18-12-5-3-8-15(18)13-20-21-19-22-23-24-25(19)17-11-6-9-14-7-2-4-10-16(14)17/h2-13H,1H3,(H,21,22,24)/b20-13+. The Morgan fingerprint density at radius 2 is 1.81 bits per heavy atom. The van der Waals surface area contributed by atoms with Crippen LogP contribution < -0.4 is 10.2 Å². The molecule has 0 radical (unpaired) electrons. The van der Waals surface area contributed by atoms with Crippen molar-refractivity contribution < 1.29 is 4.74 Å². The zero-order valence-electron chi connectivity index (χ0n) is 14.1. The van der Waals surface area contributed by atoms with Gasteiger partial charge in [0.2, 0.25) is 0 Å². The first-order valence-electron chi connectivity index (χ1n) is 8.05. The number of hydrazone groups is 1. The second-order valence-corrected chi connectivity index (χ2v) is 5.52. The second kappa shape index (κ2) is 7.02. The van der Waals surface area contributed by atoms with Crippen LogP contribution in [0.1, 0.15) is 5.56 Å². The van der Waals surface area contributed by atoms with Crippen LogP contribution in [0.25, 0.3) is 16.5 Å². The summed E-state index contributed by atoms with van der Waals surface area (Å²) in [5.74, 6) is 1.17. The van der Waals surface area contributed by atoms with Gasteiger partial charge in [-0.1, -0.05) is 53.6 Å². The fourth-order valence-electron chi connectivity index (χ4n) is 2.74. The highest BCUT2D eigenvalue weighted by Gasteiger charge is 2.10. The summed E-state index contributed by atoms with van der Waals surface area (Å²) in [7, 11) is 1.63. The van der Waals surface area contributed by atoms with Gasteiger partial charge >= 0.3 is 0 Å². The topological polar surface area (TPSA) is 77.2 Å². The lowest BCUT2D eigenvalue weighted by Gasteiger charge is -2.07. The molecule has 0 atom stereocenters. The first kappa shape index (κ1) is 15.8. The maximum Gasteiger partial charge on any atom is 0.268 e. The molecule has 0 aliphatic heterocycles. The monoisotopic (exact) mass is 344 g/mol. The van der Waals surface area contributed by atoms with Gasteiger partial charge < -0.3 is 4.74 Å². The minimum Gasteiger partial charge on any atom is -0.496 e. The summed E-state index contributed by atoms with van der Waals surface area (Å²) in [5, 5.41) is 18.3. The number of tetrazole rings is 1. The molecule has 0 spiro atoms. The molecule has 4 aromatic rings. The number of nitrogens with zero attached hydrogens (tertiary/aromatic N) is 5. The molecule has 0 saturated heterocycles. The number of rotatable bonds is 5. The minimum atomic E-state index is 0.424. The molecule has 4 rings (SSSR count). The first-order chi connectivity index (χ1) is 12.9. The SMILES string of the molecule is COc1ccccc1/C=N/Nc1nnnn1-c1cccc2ccccc12. The molecule has 26 heavy (non-hydrogen) atoms. The van der Waals surface area contributed by atoms with Crippen molar-refractivity contribution in [3.63, 3.8) is 0 Å². The molecular weight excluding hydrogens is 328 g/mol. The van der Waals surface area contributed by atoms with E-state index in [2.05, 4.69) is 38.2 Å². The Labute approximate surface area is 149 Å². The van der Waals surface area contributed by atoms with Gasteiger partial charge in [-0.2, -0.15) is 9.78 Å². The number of benzene rings is 3. The van der Waals surface area contributed by atoms with Gasteiger partial charge in [-0.3, -0.25) is 0 Å². The molecule has 0 aliphatic rings. The molecule has 0 bridgehead atoms. The maximum absolute atomic E-state index is 5.31. The number of fused-ring (bicyclic) bond motifs is 1. The van der Waals surface area contributed by atoms with Crippen LogP contribution >= 0.6 is 0 Å². The normalized spacial score (nSPS) is 11.1. The fourth-order valence-corrected chi connectivity index (χ4v) is 2.74.